The molecule has 5 nitrogen and oxygen atoms in total. The monoisotopic (exact) mass is 458 g/mol. The summed E-state index contributed by atoms with van der Waals surface area (Å²) in [5.41, 5.74) is 3.87. The van der Waals surface area contributed by atoms with E-state index >= 15 is 0 Å². The number of hydrogen-bond donors (Lipinski definition) is 1. The number of esters is 1. The summed E-state index contributed by atoms with van der Waals surface area (Å²) in [5.74, 6) is -1.76. The van der Waals surface area contributed by atoms with E-state index in [0.29, 0.717) is 22.9 Å². The molecule has 1 aliphatic rings. The Labute approximate surface area is 193 Å². The molecule has 0 bridgehead atoms. The molecule has 1 amide bonds. The number of ether oxygens (including phenoxy) is 1. The van der Waals surface area contributed by atoms with Gasteiger partial charge in [-0.1, -0.05) is 36.4 Å². The molecule has 1 N–H and O–H groups in total. The quantitative estimate of drug-likeness (QED) is 0.389. The Morgan fingerprint density at radius 1 is 1.06 bits per heavy atom. The zero-order valence-corrected chi connectivity index (χ0v) is 18.3. The highest BCUT2D eigenvalue weighted by atomic mass is 32.1. The van der Waals surface area contributed by atoms with E-state index in [-0.39, 0.29) is 5.69 Å². The van der Waals surface area contributed by atoms with Crippen molar-refractivity contribution in [3.05, 3.63) is 93.6 Å². The van der Waals surface area contributed by atoms with E-state index in [1.807, 2.05) is 41.8 Å². The highest BCUT2D eigenvalue weighted by Crippen LogP contribution is 2.38. The molecule has 0 spiro atoms. The van der Waals surface area contributed by atoms with Crippen molar-refractivity contribution >= 4 is 51.5 Å². The maximum Gasteiger partial charge on any atom is 0.339 e. The van der Waals surface area contributed by atoms with Crippen molar-refractivity contribution in [2.24, 2.45) is 0 Å². The average molecular weight is 459 g/mol. The van der Waals surface area contributed by atoms with Gasteiger partial charge in [-0.3, -0.25) is 4.79 Å². The van der Waals surface area contributed by atoms with Gasteiger partial charge in [0.1, 0.15) is 5.82 Å². The van der Waals surface area contributed by atoms with Crippen LogP contribution in [0.15, 0.2) is 66.0 Å². The van der Waals surface area contributed by atoms with Gasteiger partial charge in [0.25, 0.3) is 5.91 Å². The van der Waals surface area contributed by atoms with Crippen molar-refractivity contribution in [2.75, 3.05) is 11.9 Å². The SMILES string of the molecule is O=C(COC(=O)c1c2c(nc3ccccc13)/C(=C/c1cccs1)CC2)Nc1ccccc1F. The molecule has 7 heteroatoms. The van der Waals surface area contributed by atoms with Crippen LogP contribution in [0.4, 0.5) is 10.1 Å². The molecule has 1 aliphatic carbocycles. The Morgan fingerprint density at radius 3 is 2.70 bits per heavy atom. The van der Waals surface area contributed by atoms with Crippen LogP contribution in [-0.4, -0.2) is 23.5 Å². The number of halogens is 1. The number of nitrogens with one attached hydrogen (secondary N) is 1. The summed E-state index contributed by atoms with van der Waals surface area (Å²) in [5, 5.41) is 5.13. The number of nitrogens with zero attached hydrogens (tertiary/aromatic N) is 1. The number of anilines is 1. The van der Waals surface area contributed by atoms with Crippen LogP contribution in [0, 0.1) is 5.82 Å². The summed E-state index contributed by atoms with van der Waals surface area (Å²) in [6, 6.07) is 17.3. The van der Waals surface area contributed by atoms with Crippen molar-refractivity contribution in [1.29, 1.82) is 0 Å². The summed E-state index contributed by atoms with van der Waals surface area (Å²) in [6.45, 7) is -0.517. The van der Waals surface area contributed by atoms with E-state index in [1.165, 1.54) is 18.2 Å². The number of aromatic nitrogens is 1. The third-order valence-electron chi connectivity index (χ3n) is 5.49. The molecule has 0 radical (unpaired) electrons. The number of carbonyl (C=O) groups is 2. The van der Waals surface area contributed by atoms with Gasteiger partial charge in [0.2, 0.25) is 0 Å². The summed E-state index contributed by atoms with van der Waals surface area (Å²) in [4.78, 5) is 31.4. The fraction of sp³-hybridized carbons (Fsp3) is 0.115. The molecule has 2 aromatic heterocycles. The maximum atomic E-state index is 13.8. The number of pyridine rings is 1. The van der Waals surface area contributed by atoms with Crippen molar-refractivity contribution in [3.8, 4) is 0 Å². The van der Waals surface area contributed by atoms with E-state index in [1.54, 1.807) is 17.4 Å². The van der Waals surface area contributed by atoms with Gasteiger partial charge in [-0.2, -0.15) is 0 Å². The Kier molecular flexibility index (Phi) is 5.71. The van der Waals surface area contributed by atoms with E-state index in [9.17, 15) is 14.0 Å². The fourth-order valence-corrected chi connectivity index (χ4v) is 4.69. The first-order valence-corrected chi connectivity index (χ1v) is 11.4. The first-order chi connectivity index (χ1) is 16.1. The lowest BCUT2D eigenvalue weighted by Crippen LogP contribution is -2.22. The number of amides is 1. The van der Waals surface area contributed by atoms with Crippen molar-refractivity contribution in [1.82, 2.24) is 4.98 Å². The number of carbonyl (C=O) groups excluding carboxylic acids is 2. The number of fused-ring (bicyclic) bond motifs is 2. The molecule has 0 aliphatic heterocycles. The molecule has 0 fully saturated rings. The third kappa shape index (κ3) is 4.27. The molecular weight excluding hydrogens is 439 g/mol. The first kappa shape index (κ1) is 21.0. The van der Waals surface area contributed by atoms with Gasteiger partial charge in [0, 0.05) is 10.3 Å². The standard InChI is InChI=1S/C26H19FN2O3S/c27-20-8-2-4-10-22(20)28-23(30)15-32-26(31)24-18-7-1-3-9-21(18)29-25-16(11-12-19(24)25)14-17-6-5-13-33-17/h1-10,13-14H,11-12,15H2,(H,28,30)/b16-14+. The van der Waals surface area contributed by atoms with Crippen LogP contribution in [0.2, 0.25) is 0 Å². The van der Waals surface area contributed by atoms with Gasteiger partial charge in [0.15, 0.2) is 6.61 Å². The Morgan fingerprint density at radius 2 is 1.88 bits per heavy atom. The van der Waals surface area contributed by atoms with Crippen molar-refractivity contribution in [3.63, 3.8) is 0 Å². The fourth-order valence-electron chi connectivity index (χ4n) is 4.01. The molecule has 0 saturated heterocycles. The number of para-hydroxylation sites is 2. The second-order valence-electron chi connectivity index (χ2n) is 7.62. The minimum absolute atomic E-state index is 0.0390. The maximum absolute atomic E-state index is 13.8. The molecule has 4 aromatic rings. The first-order valence-electron chi connectivity index (χ1n) is 10.5. The van der Waals surface area contributed by atoms with E-state index < -0.39 is 24.3 Å². The number of rotatable bonds is 5. The molecule has 0 atom stereocenters. The van der Waals surface area contributed by atoms with Gasteiger partial charge in [-0.25, -0.2) is 14.2 Å². The molecule has 0 unspecified atom stereocenters. The molecule has 2 heterocycles. The number of thiophene rings is 1. The molecule has 164 valence electrons. The zero-order chi connectivity index (χ0) is 22.8. The number of benzene rings is 2. The number of hydrogen-bond acceptors (Lipinski definition) is 5. The highest BCUT2D eigenvalue weighted by molar-refractivity contribution is 7.10. The smallest absolute Gasteiger partial charge is 0.339 e. The predicted molar refractivity (Wildman–Crippen MR) is 128 cm³/mol. The van der Waals surface area contributed by atoms with Crippen LogP contribution in [0.25, 0.3) is 22.6 Å². The second kappa shape index (κ2) is 8.96. The predicted octanol–water partition coefficient (Wildman–Crippen LogP) is 5.72. The third-order valence-corrected chi connectivity index (χ3v) is 6.31. The van der Waals surface area contributed by atoms with Crippen LogP contribution in [-0.2, 0) is 16.0 Å². The van der Waals surface area contributed by atoms with E-state index in [0.717, 1.165) is 28.1 Å². The molecule has 0 saturated carbocycles. The van der Waals surface area contributed by atoms with Gasteiger partial charge in [-0.05, 0) is 59.7 Å². The normalized spacial score (nSPS) is 13.8. The van der Waals surface area contributed by atoms with Crippen molar-refractivity contribution in [2.45, 2.75) is 12.8 Å². The molecular formula is C26H19FN2O3S. The Bertz CT molecular complexity index is 1400. The number of allylic oxidation sites excluding steroid dienone is 1. The van der Waals surface area contributed by atoms with E-state index in [2.05, 4.69) is 11.4 Å². The van der Waals surface area contributed by atoms with Crippen LogP contribution in [0.3, 0.4) is 0 Å². The van der Waals surface area contributed by atoms with E-state index in [4.69, 9.17) is 9.72 Å². The van der Waals surface area contributed by atoms with Crippen LogP contribution < -0.4 is 5.32 Å². The molecule has 33 heavy (non-hydrogen) atoms. The second-order valence-corrected chi connectivity index (χ2v) is 8.60. The highest BCUT2D eigenvalue weighted by Gasteiger charge is 2.28. The summed E-state index contributed by atoms with van der Waals surface area (Å²) in [7, 11) is 0. The van der Waals surface area contributed by atoms with Crippen LogP contribution in [0.5, 0.6) is 0 Å². The largest absolute Gasteiger partial charge is 0.452 e. The van der Waals surface area contributed by atoms with Gasteiger partial charge in [0.05, 0.1) is 22.5 Å². The lowest BCUT2D eigenvalue weighted by Gasteiger charge is -2.12. The minimum Gasteiger partial charge on any atom is -0.452 e. The summed E-state index contributed by atoms with van der Waals surface area (Å²) in [6.07, 6.45) is 3.54. The Hall–Kier alpha value is -3.84. The van der Waals surface area contributed by atoms with Gasteiger partial charge in [-0.15, -0.1) is 11.3 Å². The molecule has 5 rings (SSSR count). The minimum atomic E-state index is -0.610. The average Bonchev–Trinajstić information content (AvgIpc) is 3.48. The summed E-state index contributed by atoms with van der Waals surface area (Å²) >= 11 is 1.64. The summed E-state index contributed by atoms with van der Waals surface area (Å²) < 4.78 is 19.1. The topological polar surface area (TPSA) is 68.3 Å². The lowest BCUT2D eigenvalue weighted by atomic mass is 10.0. The Balaban J connectivity index is 1.43. The molecule has 2 aromatic carbocycles. The van der Waals surface area contributed by atoms with Crippen LogP contribution in [0.1, 0.15) is 32.9 Å². The van der Waals surface area contributed by atoms with Gasteiger partial charge >= 0.3 is 5.97 Å². The van der Waals surface area contributed by atoms with Gasteiger partial charge < -0.3 is 10.1 Å². The zero-order valence-electron chi connectivity index (χ0n) is 17.5. The van der Waals surface area contributed by atoms with Crippen LogP contribution >= 0.6 is 11.3 Å². The lowest BCUT2D eigenvalue weighted by molar-refractivity contribution is -0.119. The van der Waals surface area contributed by atoms with Crippen molar-refractivity contribution < 1.29 is 18.7 Å².